The number of carbonyl (C=O) groups is 2. The normalized spacial score (nSPS) is 21.4. The van der Waals surface area contributed by atoms with Crippen molar-refractivity contribution in [3.63, 3.8) is 0 Å². The summed E-state index contributed by atoms with van der Waals surface area (Å²) in [7, 11) is 1.60. The SMILES string of the molecule is COc1ccccc1N1CCN(CC(=O)NCC2CCCO2)CC1=O. The number of benzene rings is 1. The summed E-state index contributed by atoms with van der Waals surface area (Å²) < 4.78 is 10.8. The zero-order valence-corrected chi connectivity index (χ0v) is 14.6. The first-order valence-corrected chi connectivity index (χ1v) is 8.71. The monoisotopic (exact) mass is 347 g/mol. The van der Waals surface area contributed by atoms with Gasteiger partial charge in [-0.1, -0.05) is 12.1 Å². The Morgan fingerprint density at radius 2 is 2.20 bits per heavy atom. The standard InChI is InChI=1S/C18H25N3O4/c1-24-16-7-3-2-6-15(16)21-9-8-20(13-18(21)23)12-17(22)19-11-14-5-4-10-25-14/h2-3,6-7,14H,4-5,8-13H2,1H3,(H,19,22). The fraction of sp³-hybridized carbons (Fsp3) is 0.556. The molecule has 0 radical (unpaired) electrons. The second-order valence-corrected chi connectivity index (χ2v) is 6.37. The number of anilines is 1. The van der Waals surface area contributed by atoms with E-state index in [4.69, 9.17) is 9.47 Å². The van der Waals surface area contributed by atoms with E-state index < -0.39 is 0 Å². The molecule has 0 aliphatic carbocycles. The van der Waals surface area contributed by atoms with Crippen molar-refractivity contribution in [2.75, 3.05) is 51.3 Å². The minimum absolute atomic E-state index is 0.0253. The van der Waals surface area contributed by atoms with Gasteiger partial charge >= 0.3 is 0 Å². The van der Waals surface area contributed by atoms with Crippen molar-refractivity contribution in [3.8, 4) is 5.75 Å². The number of hydrogen-bond acceptors (Lipinski definition) is 5. The van der Waals surface area contributed by atoms with E-state index in [1.54, 1.807) is 12.0 Å². The van der Waals surface area contributed by atoms with Gasteiger partial charge in [-0.05, 0) is 25.0 Å². The van der Waals surface area contributed by atoms with Crippen molar-refractivity contribution < 1.29 is 19.1 Å². The lowest BCUT2D eigenvalue weighted by Gasteiger charge is -2.34. The maximum absolute atomic E-state index is 12.5. The fourth-order valence-electron chi connectivity index (χ4n) is 3.26. The van der Waals surface area contributed by atoms with Crippen LogP contribution in [0.25, 0.3) is 0 Å². The molecular weight excluding hydrogens is 322 g/mol. The molecule has 1 atom stereocenters. The van der Waals surface area contributed by atoms with Crippen molar-refractivity contribution in [2.24, 2.45) is 0 Å². The molecule has 1 aromatic rings. The van der Waals surface area contributed by atoms with Gasteiger partial charge in [-0.2, -0.15) is 0 Å². The first-order valence-electron chi connectivity index (χ1n) is 8.71. The number of carbonyl (C=O) groups excluding carboxylic acids is 2. The number of nitrogens with one attached hydrogen (secondary N) is 1. The molecule has 136 valence electrons. The lowest BCUT2D eigenvalue weighted by atomic mass is 10.2. The zero-order valence-electron chi connectivity index (χ0n) is 14.6. The van der Waals surface area contributed by atoms with E-state index in [0.29, 0.717) is 25.4 Å². The minimum atomic E-state index is -0.0611. The van der Waals surface area contributed by atoms with Gasteiger partial charge in [0, 0.05) is 26.2 Å². The summed E-state index contributed by atoms with van der Waals surface area (Å²) in [6.07, 6.45) is 2.18. The van der Waals surface area contributed by atoms with Gasteiger partial charge in [0.25, 0.3) is 0 Å². The highest BCUT2D eigenvalue weighted by Gasteiger charge is 2.28. The summed E-state index contributed by atoms with van der Waals surface area (Å²) in [5.74, 6) is 0.593. The molecule has 0 spiro atoms. The highest BCUT2D eigenvalue weighted by Crippen LogP contribution is 2.28. The van der Waals surface area contributed by atoms with Crippen LogP contribution >= 0.6 is 0 Å². The Hall–Kier alpha value is -2.12. The molecule has 1 aromatic carbocycles. The van der Waals surface area contributed by atoms with E-state index in [1.807, 2.05) is 29.2 Å². The topological polar surface area (TPSA) is 71.1 Å². The smallest absolute Gasteiger partial charge is 0.241 e. The summed E-state index contributed by atoms with van der Waals surface area (Å²) in [6.45, 7) is 2.98. The third-order valence-corrected chi connectivity index (χ3v) is 4.59. The van der Waals surface area contributed by atoms with Gasteiger partial charge in [0.15, 0.2) is 0 Å². The summed E-state index contributed by atoms with van der Waals surface area (Å²) in [4.78, 5) is 28.2. The Kier molecular flexibility index (Phi) is 5.88. The zero-order chi connectivity index (χ0) is 17.6. The molecule has 25 heavy (non-hydrogen) atoms. The molecule has 7 nitrogen and oxygen atoms in total. The number of methoxy groups -OCH3 is 1. The fourth-order valence-corrected chi connectivity index (χ4v) is 3.26. The molecule has 2 aliphatic rings. The van der Waals surface area contributed by atoms with Crippen LogP contribution in [-0.4, -0.2) is 69.3 Å². The van der Waals surface area contributed by atoms with E-state index in [2.05, 4.69) is 5.32 Å². The predicted molar refractivity (Wildman–Crippen MR) is 93.8 cm³/mol. The van der Waals surface area contributed by atoms with Crippen LogP contribution in [0.3, 0.4) is 0 Å². The molecule has 2 heterocycles. The first-order chi connectivity index (χ1) is 12.2. The number of para-hydroxylation sites is 2. The summed E-state index contributed by atoms with van der Waals surface area (Å²) in [6, 6.07) is 7.48. The quantitative estimate of drug-likeness (QED) is 0.818. The van der Waals surface area contributed by atoms with Crippen LogP contribution in [0, 0.1) is 0 Å². The Bertz CT molecular complexity index is 616. The van der Waals surface area contributed by atoms with Crippen molar-refractivity contribution in [2.45, 2.75) is 18.9 Å². The molecule has 0 aromatic heterocycles. The second kappa shape index (κ2) is 8.31. The number of rotatable bonds is 6. The average Bonchev–Trinajstić information content (AvgIpc) is 3.14. The molecule has 2 fully saturated rings. The molecule has 1 unspecified atom stereocenters. The number of amides is 2. The Morgan fingerprint density at radius 3 is 2.92 bits per heavy atom. The van der Waals surface area contributed by atoms with E-state index in [-0.39, 0.29) is 31.0 Å². The van der Waals surface area contributed by atoms with Crippen molar-refractivity contribution in [3.05, 3.63) is 24.3 Å². The predicted octanol–water partition coefficient (Wildman–Crippen LogP) is 0.639. The van der Waals surface area contributed by atoms with Crippen LogP contribution < -0.4 is 15.0 Å². The molecule has 2 saturated heterocycles. The maximum atomic E-state index is 12.5. The van der Waals surface area contributed by atoms with Gasteiger partial charge < -0.3 is 19.7 Å². The Balaban J connectivity index is 1.49. The van der Waals surface area contributed by atoms with Gasteiger partial charge in [0.05, 0.1) is 32.0 Å². The molecule has 0 bridgehead atoms. The molecule has 2 aliphatic heterocycles. The lowest BCUT2D eigenvalue weighted by molar-refractivity contribution is -0.125. The van der Waals surface area contributed by atoms with Gasteiger partial charge in [0.2, 0.25) is 11.8 Å². The second-order valence-electron chi connectivity index (χ2n) is 6.37. The van der Waals surface area contributed by atoms with Crippen molar-refractivity contribution in [1.82, 2.24) is 10.2 Å². The number of hydrogen-bond donors (Lipinski definition) is 1. The van der Waals surface area contributed by atoms with Crippen molar-refractivity contribution >= 4 is 17.5 Å². The minimum Gasteiger partial charge on any atom is -0.495 e. The average molecular weight is 347 g/mol. The summed E-state index contributed by atoms with van der Waals surface area (Å²) in [5.41, 5.74) is 0.775. The van der Waals surface area contributed by atoms with Crippen LogP contribution in [-0.2, 0) is 14.3 Å². The summed E-state index contributed by atoms with van der Waals surface area (Å²) >= 11 is 0. The molecule has 3 rings (SSSR count). The van der Waals surface area contributed by atoms with Gasteiger partial charge in [-0.15, -0.1) is 0 Å². The highest BCUT2D eigenvalue weighted by atomic mass is 16.5. The Labute approximate surface area is 147 Å². The molecular formula is C18H25N3O4. The lowest BCUT2D eigenvalue weighted by Crippen LogP contribution is -2.53. The van der Waals surface area contributed by atoms with E-state index in [0.717, 1.165) is 25.1 Å². The van der Waals surface area contributed by atoms with Crippen LogP contribution in [0.4, 0.5) is 5.69 Å². The number of piperazine rings is 1. The highest BCUT2D eigenvalue weighted by molar-refractivity contribution is 5.97. The van der Waals surface area contributed by atoms with Gasteiger partial charge in [-0.25, -0.2) is 0 Å². The first kappa shape index (κ1) is 17.7. The number of ether oxygens (including phenoxy) is 2. The summed E-state index contributed by atoms with van der Waals surface area (Å²) in [5, 5.41) is 2.90. The largest absolute Gasteiger partial charge is 0.495 e. The third-order valence-electron chi connectivity index (χ3n) is 4.59. The van der Waals surface area contributed by atoms with E-state index in [9.17, 15) is 9.59 Å². The van der Waals surface area contributed by atoms with Crippen LogP contribution in [0.15, 0.2) is 24.3 Å². The van der Waals surface area contributed by atoms with E-state index in [1.165, 1.54) is 0 Å². The molecule has 2 amide bonds. The Morgan fingerprint density at radius 1 is 1.36 bits per heavy atom. The molecule has 0 saturated carbocycles. The maximum Gasteiger partial charge on any atom is 0.241 e. The van der Waals surface area contributed by atoms with Crippen LogP contribution in [0.5, 0.6) is 5.75 Å². The van der Waals surface area contributed by atoms with Crippen LogP contribution in [0.1, 0.15) is 12.8 Å². The van der Waals surface area contributed by atoms with E-state index >= 15 is 0 Å². The van der Waals surface area contributed by atoms with Gasteiger partial charge in [-0.3, -0.25) is 14.5 Å². The van der Waals surface area contributed by atoms with Gasteiger partial charge in [0.1, 0.15) is 5.75 Å². The third kappa shape index (κ3) is 4.49. The van der Waals surface area contributed by atoms with Crippen LogP contribution in [0.2, 0.25) is 0 Å². The molecule has 1 N–H and O–H groups in total. The van der Waals surface area contributed by atoms with Crippen molar-refractivity contribution in [1.29, 1.82) is 0 Å². The molecule has 7 heteroatoms. The number of nitrogens with zero attached hydrogens (tertiary/aromatic N) is 2.